The second-order valence-corrected chi connectivity index (χ2v) is 4.15. The SMILES string of the molecule is C=CC(C)C[Si](O)(O)O.[Y].[Y].[Y].[Y].[Y].[Y]. The van der Waals surface area contributed by atoms with E-state index in [-0.39, 0.29) is 208 Å². The molecule has 0 aromatic rings. The molecule has 0 bridgehead atoms. The van der Waals surface area contributed by atoms with Crippen molar-refractivity contribution in [3.63, 3.8) is 0 Å². The van der Waals surface area contributed by atoms with Gasteiger partial charge >= 0.3 is 8.80 Å². The molecule has 0 aromatic heterocycles. The van der Waals surface area contributed by atoms with Crippen LogP contribution in [0.4, 0.5) is 0 Å². The molecule has 0 fully saturated rings. The number of hydrogen-bond acceptors (Lipinski definition) is 3. The van der Waals surface area contributed by atoms with E-state index in [9.17, 15) is 0 Å². The van der Waals surface area contributed by atoms with Crippen LogP contribution in [0.2, 0.25) is 6.04 Å². The molecule has 10 heteroatoms. The second-order valence-electron chi connectivity index (χ2n) is 2.19. The van der Waals surface area contributed by atoms with Crippen molar-refractivity contribution in [2.75, 3.05) is 0 Å². The summed E-state index contributed by atoms with van der Waals surface area (Å²) >= 11 is 0. The summed E-state index contributed by atoms with van der Waals surface area (Å²) in [6.45, 7) is 5.19. The minimum Gasteiger partial charge on any atom is -0.390 e. The van der Waals surface area contributed by atoms with Crippen LogP contribution in [0.3, 0.4) is 0 Å². The quantitative estimate of drug-likeness (QED) is 0.284. The molecule has 0 saturated carbocycles. The average Bonchev–Trinajstić information content (AvgIpc) is 1.62. The van der Waals surface area contributed by atoms with Crippen molar-refractivity contribution < 1.29 is 211 Å². The average molecular weight is 682 g/mol. The van der Waals surface area contributed by atoms with E-state index in [1.54, 1.807) is 13.0 Å². The van der Waals surface area contributed by atoms with Crippen molar-refractivity contribution in [1.29, 1.82) is 0 Å². The topological polar surface area (TPSA) is 60.7 Å². The number of allylic oxidation sites excluding steroid dienone is 1. The predicted molar refractivity (Wildman–Crippen MR) is 36.6 cm³/mol. The first-order chi connectivity index (χ1) is 3.95. The van der Waals surface area contributed by atoms with Gasteiger partial charge in [0.2, 0.25) is 0 Å². The fourth-order valence-electron chi connectivity index (χ4n) is 0.515. The Bertz CT molecular complexity index is 111. The van der Waals surface area contributed by atoms with Gasteiger partial charge in [0.05, 0.1) is 0 Å². The van der Waals surface area contributed by atoms with E-state index < -0.39 is 8.80 Å². The molecular formula is C5H12O3SiY6. The predicted octanol–water partition coefficient (Wildman–Crippen LogP) is -0.291. The molecule has 72 valence electrons. The Morgan fingerprint density at radius 2 is 1.27 bits per heavy atom. The van der Waals surface area contributed by atoms with Gasteiger partial charge in [-0.25, -0.2) is 0 Å². The standard InChI is InChI=1S/C5H12O3Si.6Y/c1-3-5(2)4-9(6,7)8;;;;;;/h3,5-8H,1,4H2,2H3;;;;;;. The van der Waals surface area contributed by atoms with Crippen molar-refractivity contribution in [2.45, 2.75) is 13.0 Å². The van der Waals surface area contributed by atoms with Gasteiger partial charge in [-0.05, 0) is 5.92 Å². The summed E-state index contributed by atoms with van der Waals surface area (Å²) in [5.41, 5.74) is 0. The van der Waals surface area contributed by atoms with Gasteiger partial charge in [0.15, 0.2) is 0 Å². The third-order valence-corrected chi connectivity index (χ3v) is 2.19. The Labute approximate surface area is 244 Å². The van der Waals surface area contributed by atoms with E-state index >= 15 is 0 Å². The molecule has 6 radical (unpaired) electrons. The maximum Gasteiger partial charge on any atom is 0.493 e. The minimum atomic E-state index is -3.81. The van der Waals surface area contributed by atoms with Crippen LogP contribution in [-0.4, -0.2) is 23.2 Å². The van der Waals surface area contributed by atoms with Gasteiger partial charge < -0.3 is 14.4 Å². The van der Waals surface area contributed by atoms with Crippen LogP contribution < -0.4 is 0 Å². The smallest absolute Gasteiger partial charge is 0.390 e. The summed E-state index contributed by atoms with van der Waals surface area (Å²) in [6, 6.07) is 0.0382. The molecule has 0 amide bonds. The number of hydrogen-bond donors (Lipinski definition) is 3. The molecule has 0 saturated heterocycles. The van der Waals surface area contributed by atoms with Gasteiger partial charge in [0, 0.05) is 202 Å². The first-order valence-corrected chi connectivity index (χ1v) is 4.80. The Kier molecular flexibility index (Phi) is 72.8. The largest absolute Gasteiger partial charge is 0.493 e. The monoisotopic (exact) mass is 681 g/mol. The van der Waals surface area contributed by atoms with E-state index in [0.717, 1.165) is 0 Å². The van der Waals surface area contributed by atoms with E-state index in [4.69, 9.17) is 14.4 Å². The van der Waals surface area contributed by atoms with Crippen molar-refractivity contribution in [1.82, 2.24) is 0 Å². The van der Waals surface area contributed by atoms with Gasteiger partial charge in [-0.15, -0.1) is 6.58 Å². The van der Waals surface area contributed by atoms with Gasteiger partial charge in [-0.2, -0.15) is 0 Å². The van der Waals surface area contributed by atoms with Crippen LogP contribution in [0.1, 0.15) is 6.92 Å². The van der Waals surface area contributed by atoms with Crippen molar-refractivity contribution in [2.24, 2.45) is 5.92 Å². The normalized spacial score (nSPS) is 9.07. The van der Waals surface area contributed by atoms with Crippen molar-refractivity contribution in [3.05, 3.63) is 12.7 Å². The Morgan fingerprint density at radius 1 is 1.00 bits per heavy atom. The van der Waals surface area contributed by atoms with Crippen molar-refractivity contribution >= 4 is 8.80 Å². The maximum atomic E-state index is 8.52. The summed E-state index contributed by atoms with van der Waals surface area (Å²) in [5.74, 6) is -0.0309. The van der Waals surface area contributed by atoms with Crippen LogP contribution in [-0.2, 0) is 196 Å². The van der Waals surface area contributed by atoms with Gasteiger partial charge in [0.1, 0.15) is 0 Å². The maximum absolute atomic E-state index is 8.52. The second kappa shape index (κ2) is 25.4. The molecule has 0 aromatic carbocycles. The van der Waals surface area contributed by atoms with Crippen LogP contribution in [0.15, 0.2) is 12.7 Å². The third kappa shape index (κ3) is 38.5. The fourth-order valence-corrected chi connectivity index (χ4v) is 1.55. The van der Waals surface area contributed by atoms with Crippen LogP contribution in [0.25, 0.3) is 0 Å². The van der Waals surface area contributed by atoms with Gasteiger partial charge in [0.25, 0.3) is 0 Å². The van der Waals surface area contributed by atoms with E-state index in [1.807, 2.05) is 0 Å². The molecule has 15 heavy (non-hydrogen) atoms. The van der Waals surface area contributed by atoms with Gasteiger partial charge in [-0.1, -0.05) is 13.0 Å². The zero-order chi connectivity index (χ0) is 7.49. The van der Waals surface area contributed by atoms with Gasteiger partial charge in [-0.3, -0.25) is 0 Å². The van der Waals surface area contributed by atoms with E-state index in [1.165, 1.54) is 0 Å². The van der Waals surface area contributed by atoms with E-state index in [2.05, 4.69) is 6.58 Å². The molecule has 0 aliphatic heterocycles. The Hall–Kier alpha value is 6.46. The first kappa shape index (κ1) is 43.0. The number of rotatable bonds is 3. The van der Waals surface area contributed by atoms with Crippen LogP contribution in [0, 0.1) is 5.92 Å². The van der Waals surface area contributed by atoms with E-state index in [0.29, 0.717) is 0 Å². The summed E-state index contributed by atoms with van der Waals surface area (Å²) in [4.78, 5) is 25.6. The van der Waals surface area contributed by atoms with Crippen LogP contribution >= 0.6 is 0 Å². The molecule has 0 aliphatic carbocycles. The minimum absolute atomic E-state index is 0. The first-order valence-electron chi connectivity index (χ1n) is 2.75. The van der Waals surface area contributed by atoms with Crippen LogP contribution in [0.5, 0.6) is 0 Å². The molecule has 0 heterocycles. The molecule has 1 atom stereocenters. The van der Waals surface area contributed by atoms with Crippen molar-refractivity contribution in [3.8, 4) is 0 Å². The molecule has 0 spiro atoms. The summed E-state index contributed by atoms with van der Waals surface area (Å²) < 4.78 is 0. The fraction of sp³-hybridized carbons (Fsp3) is 0.600. The summed E-state index contributed by atoms with van der Waals surface area (Å²) in [5, 5.41) is 0. The summed E-state index contributed by atoms with van der Waals surface area (Å²) in [7, 11) is -3.81. The molecule has 0 aliphatic rings. The molecule has 3 N–H and O–H groups in total. The Balaban J connectivity index is -0.0000000213. The molecule has 0 rings (SSSR count). The summed E-state index contributed by atoms with van der Waals surface area (Å²) in [6.07, 6.45) is 1.57. The third-order valence-electron chi connectivity index (χ3n) is 0.998. The zero-order valence-electron chi connectivity index (χ0n) is 8.87. The molecular weight excluding hydrogens is 670 g/mol. The molecule has 3 nitrogen and oxygen atoms in total. The zero-order valence-corrected chi connectivity index (χ0v) is 26.9. The Morgan fingerprint density at radius 3 is 1.33 bits per heavy atom. The molecule has 1 unspecified atom stereocenters.